The molecular formula is C13H21FN2. The lowest BCUT2D eigenvalue weighted by Crippen LogP contribution is -2.43. The number of aryl methyl sites for hydroxylation is 1. The Morgan fingerprint density at radius 1 is 1.19 bits per heavy atom. The van der Waals surface area contributed by atoms with Crippen LogP contribution < -0.4 is 10.2 Å². The zero-order valence-electron chi connectivity index (χ0n) is 10.4. The molecule has 0 amide bonds. The number of anilines is 1. The summed E-state index contributed by atoms with van der Waals surface area (Å²) in [6.45, 7) is 9.84. The van der Waals surface area contributed by atoms with Gasteiger partial charge in [0.05, 0.1) is 0 Å². The van der Waals surface area contributed by atoms with Crippen LogP contribution in [0.3, 0.4) is 0 Å². The van der Waals surface area contributed by atoms with Crippen LogP contribution in [0.5, 0.6) is 0 Å². The molecule has 0 bridgehead atoms. The summed E-state index contributed by atoms with van der Waals surface area (Å²) in [7, 11) is 0. The van der Waals surface area contributed by atoms with E-state index in [4.69, 9.17) is 0 Å². The number of piperazine rings is 1. The van der Waals surface area contributed by atoms with Gasteiger partial charge in [0.2, 0.25) is 0 Å². The molecule has 1 aliphatic heterocycles. The Kier molecular flexibility index (Phi) is 5.26. The minimum Gasteiger partial charge on any atom is -0.369 e. The molecule has 0 spiro atoms. The molecule has 1 aromatic rings. The van der Waals surface area contributed by atoms with E-state index >= 15 is 0 Å². The standard InChI is InChI=1S/C11H15FN2.C2H6/c1-9-8-10(2-3-11(9)12)14-6-4-13-5-7-14;1-2/h2-3,8,13H,4-7H2,1H3;1-2H3. The summed E-state index contributed by atoms with van der Waals surface area (Å²) >= 11 is 0. The average molecular weight is 224 g/mol. The van der Waals surface area contributed by atoms with E-state index in [1.807, 2.05) is 26.0 Å². The normalized spacial score (nSPS) is 15.4. The first-order chi connectivity index (χ1) is 7.77. The highest BCUT2D eigenvalue weighted by Gasteiger charge is 2.10. The Bertz CT molecular complexity index is 320. The second-order valence-corrected chi connectivity index (χ2v) is 3.67. The molecule has 1 heterocycles. The van der Waals surface area contributed by atoms with Crippen LogP contribution in [-0.4, -0.2) is 26.2 Å². The van der Waals surface area contributed by atoms with Crippen molar-refractivity contribution in [2.45, 2.75) is 20.8 Å². The minimum absolute atomic E-state index is 0.121. The van der Waals surface area contributed by atoms with Gasteiger partial charge in [-0.1, -0.05) is 13.8 Å². The predicted octanol–water partition coefficient (Wildman–Crippen LogP) is 2.57. The summed E-state index contributed by atoms with van der Waals surface area (Å²) in [4.78, 5) is 2.28. The Balaban J connectivity index is 0.000000606. The van der Waals surface area contributed by atoms with Gasteiger partial charge in [0.1, 0.15) is 5.82 Å². The second-order valence-electron chi connectivity index (χ2n) is 3.67. The molecule has 0 aliphatic carbocycles. The smallest absolute Gasteiger partial charge is 0.126 e. The van der Waals surface area contributed by atoms with Gasteiger partial charge >= 0.3 is 0 Å². The van der Waals surface area contributed by atoms with Crippen LogP contribution in [0.2, 0.25) is 0 Å². The Hall–Kier alpha value is -1.09. The molecule has 0 atom stereocenters. The zero-order chi connectivity index (χ0) is 12.0. The minimum atomic E-state index is -0.121. The van der Waals surface area contributed by atoms with Crippen LogP contribution in [0.1, 0.15) is 19.4 Å². The molecule has 1 saturated heterocycles. The van der Waals surface area contributed by atoms with Gasteiger partial charge in [-0.2, -0.15) is 0 Å². The molecule has 0 aromatic heterocycles. The summed E-state index contributed by atoms with van der Waals surface area (Å²) in [6.07, 6.45) is 0. The Morgan fingerprint density at radius 3 is 2.38 bits per heavy atom. The molecule has 2 nitrogen and oxygen atoms in total. The predicted molar refractivity (Wildman–Crippen MR) is 67.6 cm³/mol. The maximum Gasteiger partial charge on any atom is 0.126 e. The van der Waals surface area contributed by atoms with E-state index in [0.29, 0.717) is 0 Å². The Morgan fingerprint density at radius 2 is 1.81 bits per heavy atom. The lowest BCUT2D eigenvalue weighted by molar-refractivity contribution is 0.586. The van der Waals surface area contributed by atoms with Crippen LogP contribution in [0.4, 0.5) is 10.1 Å². The van der Waals surface area contributed by atoms with Crippen molar-refractivity contribution >= 4 is 5.69 Å². The van der Waals surface area contributed by atoms with Gasteiger partial charge in [-0.05, 0) is 30.7 Å². The monoisotopic (exact) mass is 224 g/mol. The van der Waals surface area contributed by atoms with Gasteiger partial charge in [-0.25, -0.2) is 4.39 Å². The van der Waals surface area contributed by atoms with Crippen molar-refractivity contribution < 1.29 is 4.39 Å². The molecule has 1 fully saturated rings. The molecule has 0 unspecified atom stereocenters. The number of halogens is 1. The molecule has 16 heavy (non-hydrogen) atoms. The quantitative estimate of drug-likeness (QED) is 0.788. The van der Waals surface area contributed by atoms with Crippen molar-refractivity contribution in [3.63, 3.8) is 0 Å². The summed E-state index contributed by atoms with van der Waals surface area (Å²) < 4.78 is 13.0. The third kappa shape index (κ3) is 3.20. The number of rotatable bonds is 1. The van der Waals surface area contributed by atoms with Crippen molar-refractivity contribution in [3.8, 4) is 0 Å². The van der Waals surface area contributed by atoms with Crippen LogP contribution >= 0.6 is 0 Å². The fourth-order valence-electron chi connectivity index (χ4n) is 1.75. The first-order valence-corrected chi connectivity index (χ1v) is 5.99. The fraction of sp³-hybridized carbons (Fsp3) is 0.538. The van der Waals surface area contributed by atoms with Crippen molar-refractivity contribution in [2.24, 2.45) is 0 Å². The lowest BCUT2D eigenvalue weighted by atomic mass is 10.2. The van der Waals surface area contributed by atoms with E-state index in [2.05, 4.69) is 10.2 Å². The molecule has 2 rings (SSSR count). The first-order valence-electron chi connectivity index (χ1n) is 5.99. The zero-order valence-corrected chi connectivity index (χ0v) is 10.4. The summed E-state index contributed by atoms with van der Waals surface area (Å²) in [5, 5.41) is 3.29. The van der Waals surface area contributed by atoms with E-state index in [1.54, 1.807) is 13.0 Å². The van der Waals surface area contributed by atoms with E-state index in [1.165, 1.54) is 0 Å². The highest BCUT2D eigenvalue weighted by Crippen LogP contribution is 2.18. The maximum absolute atomic E-state index is 13.0. The molecular weight excluding hydrogens is 203 g/mol. The highest BCUT2D eigenvalue weighted by atomic mass is 19.1. The number of hydrogen-bond acceptors (Lipinski definition) is 2. The number of nitrogens with zero attached hydrogens (tertiary/aromatic N) is 1. The Labute approximate surface area is 97.5 Å². The summed E-state index contributed by atoms with van der Waals surface area (Å²) in [6, 6.07) is 5.32. The van der Waals surface area contributed by atoms with Gasteiger partial charge < -0.3 is 10.2 Å². The van der Waals surface area contributed by atoms with Crippen molar-refractivity contribution in [1.29, 1.82) is 0 Å². The van der Waals surface area contributed by atoms with Gasteiger partial charge in [-0.3, -0.25) is 0 Å². The van der Waals surface area contributed by atoms with Crippen molar-refractivity contribution in [3.05, 3.63) is 29.6 Å². The highest BCUT2D eigenvalue weighted by molar-refractivity contribution is 5.49. The van der Waals surface area contributed by atoms with Gasteiger partial charge in [0, 0.05) is 31.9 Å². The van der Waals surface area contributed by atoms with E-state index in [-0.39, 0.29) is 5.82 Å². The third-order valence-electron chi connectivity index (χ3n) is 2.62. The fourth-order valence-corrected chi connectivity index (χ4v) is 1.75. The SMILES string of the molecule is CC.Cc1cc(N2CCNCC2)ccc1F. The molecule has 90 valence electrons. The van der Waals surface area contributed by atoms with Crippen LogP contribution in [0.15, 0.2) is 18.2 Å². The maximum atomic E-state index is 13.0. The molecule has 0 saturated carbocycles. The molecule has 0 radical (unpaired) electrons. The average Bonchev–Trinajstić information content (AvgIpc) is 2.36. The molecule has 1 N–H and O–H groups in total. The van der Waals surface area contributed by atoms with E-state index < -0.39 is 0 Å². The number of benzene rings is 1. The third-order valence-corrected chi connectivity index (χ3v) is 2.62. The largest absolute Gasteiger partial charge is 0.369 e. The van der Waals surface area contributed by atoms with E-state index in [0.717, 1.165) is 37.4 Å². The summed E-state index contributed by atoms with van der Waals surface area (Å²) in [5.41, 5.74) is 1.85. The van der Waals surface area contributed by atoms with Crippen LogP contribution in [0.25, 0.3) is 0 Å². The molecule has 1 aliphatic rings. The van der Waals surface area contributed by atoms with Crippen LogP contribution in [-0.2, 0) is 0 Å². The van der Waals surface area contributed by atoms with Gasteiger partial charge in [0.15, 0.2) is 0 Å². The lowest BCUT2D eigenvalue weighted by Gasteiger charge is -2.29. The van der Waals surface area contributed by atoms with E-state index in [9.17, 15) is 4.39 Å². The van der Waals surface area contributed by atoms with Crippen molar-refractivity contribution in [2.75, 3.05) is 31.1 Å². The number of hydrogen-bond donors (Lipinski definition) is 1. The topological polar surface area (TPSA) is 15.3 Å². The van der Waals surface area contributed by atoms with Gasteiger partial charge in [0.25, 0.3) is 0 Å². The molecule has 1 aromatic carbocycles. The first kappa shape index (κ1) is 13.0. The van der Waals surface area contributed by atoms with Gasteiger partial charge in [-0.15, -0.1) is 0 Å². The number of nitrogens with one attached hydrogen (secondary N) is 1. The second kappa shape index (κ2) is 6.48. The van der Waals surface area contributed by atoms with Crippen molar-refractivity contribution in [1.82, 2.24) is 5.32 Å². The van der Waals surface area contributed by atoms with Crippen LogP contribution in [0, 0.1) is 12.7 Å². The molecule has 3 heteroatoms. The summed E-state index contributed by atoms with van der Waals surface area (Å²) in [5.74, 6) is -0.121.